The average molecular weight is 411 g/mol. The van der Waals surface area contributed by atoms with Crippen molar-refractivity contribution < 1.29 is 9.53 Å². The number of hydrogen-bond donors (Lipinski definition) is 3. The van der Waals surface area contributed by atoms with Gasteiger partial charge in [0, 0.05) is 35.9 Å². The van der Waals surface area contributed by atoms with Crippen LogP contribution in [0.25, 0.3) is 11.4 Å². The van der Waals surface area contributed by atoms with Gasteiger partial charge in [-0.15, -0.1) is 0 Å². The van der Waals surface area contributed by atoms with Gasteiger partial charge in [0.1, 0.15) is 5.82 Å². The maximum absolute atomic E-state index is 11.7. The quantitative estimate of drug-likeness (QED) is 0.718. The molecule has 2 aromatic rings. The van der Waals surface area contributed by atoms with E-state index in [1.165, 1.54) is 5.56 Å². The zero-order valence-electron chi connectivity index (χ0n) is 17.9. The van der Waals surface area contributed by atoms with Gasteiger partial charge in [-0.1, -0.05) is 0 Å². The number of carbonyl (C=O) groups is 1. The highest BCUT2D eigenvalue weighted by Gasteiger charge is 2.29. The highest BCUT2D eigenvalue weighted by molar-refractivity contribution is 5.89. The fourth-order valence-corrected chi connectivity index (χ4v) is 4.04. The molecule has 2 atom stereocenters. The third kappa shape index (κ3) is 4.24. The van der Waals surface area contributed by atoms with Crippen LogP contribution in [-0.4, -0.2) is 54.9 Å². The summed E-state index contributed by atoms with van der Waals surface area (Å²) in [6, 6.07) is 7.92. The molecule has 2 aliphatic heterocycles. The molecule has 2 aliphatic rings. The van der Waals surface area contributed by atoms with Gasteiger partial charge in [-0.25, -0.2) is 14.8 Å². The van der Waals surface area contributed by atoms with Crippen LogP contribution < -0.4 is 20.9 Å². The number of benzene rings is 1. The summed E-state index contributed by atoms with van der Waals surface area (Å²) in [5.74, 6) is 1.74. The van der Waals surface area contributed by atoms with Gasteiger partial charge in [0.15, 0.2) is 5.82 Å². The van der Waals surface area contributed by atoms with Gasteiger partial charge in [-0.05, 0) is 58.0 Å². The smallest absolute Gasteiger partial charge is 0.319 e. The number of carbonyl (C=O) groups excluding carboxylic acids is 1. The molecule has 0 saturated carbocycles. The lowest BCUT2D eigenvalue weighted by molar-refractivity contribution is 0.0984. The Morgan fingerprint density at radius 1 is 1.27 bits per heavy atom. The molecule has 0 unspecified atom stereocenters. The molecular weight excluding hydrogens is 380 g/mol. The number of nitrogens with one attached hydrogen (secondary N) is 3. The highest BCUT2D eigenvalue weighted by atomic mass is 16.5. The van der Waals surface area contributed by atoms with E-state index in [0.717, 1.165) is 42.3 Å². The van der Waals surface area contributed by atoms with Gasteiger partial charge in [0.05, 0.1) is 24.9 Å². The molecule has 0 aliphatic carbocycles. The summed E-state index contributed by atoms with van der Waals surface area (Å²) in [6.45, 7) is 10.00. The molecule has 160 valence electrons. The first kappa shape index (κ1) is 20.6. The summed E-state index contributed by atoms with van der Waals surface area (Å²) < 4.78 is 5.64. The maximum Gasteiger partial charge on any atom is 0.319 e. The summed E-state index contributed by atoms with van der Waals surface area (Å²) in [4.78, 5) is 24.1. The fourth-order valence-electron chi connectivity index (χ4n) is 4.04. The average Bonchev–Trinajstić information content (AvgIpc) is 2.75. The number of nitrogens with zero attached hydrogens (tertiary/aromatic N) is 3. The van der Waals surface area contributed by atoms with Crippen molar-refractivity contribution in [2.24, 2.45) is 0 Å². The van der Waals surface area contributed by atoms with Gasteiger partial charge < -0.3 is 25.6 Å². The first-order chi connectivity index (χ1) is 14.6. The molecule has 3 N–H and O–H groups in total. The lowest BCUT2D eigenvalue weighted by Gasteiger charge is -2.37. The normalized spacial score (nSPS) is 21.1. The summed E-state index contributed by atoms with van der Waals surface area (Å²) in [5, 5.41) is 9.07. The molecular formula is C22H30N6O2. The second kappa shape index (κ2) is 8.97. The Morgan fingerprint density at radius 2 is 2.07 bits per heavy atom. The van der Waals surface area contributed by atoms with E-state index in [9.17, 15) is 4.79 Å². The van der Waals surface area contributed by atoms with E-state index in [1.54, 1.807) is 0 Å². The monoisotopic (exact) mass is 410 g/mol. The van der Waals surface area contributed by atoms with Crippen LogP contribution in [0.5, 0.6) is 0 Å². The van der Waals surface area contributed by atoms with Gasteiger partial charge in [-0.2, -0.15) is 0 Å². The van der Waals surface area contributed by atoms with Crippen molar-refractivity contribution in [1.29, 1.82) is 0 Å². The predicted octanol–water partition coefficient (Wildman–Crippen LogP) is 2.72. The molecule has 3 heterocycles. The number of anilines is 2. The zero-order valence-corrected chi connectivity index (χ0v) is 17.9. The van der Waals surface area contributed by atoms with Crippen molar-refractivity contribution >= 4 is 17.5 Å². The van der Waals surface area contributed by atoms with E-state index < -0.39 is 0 Å². The highest BCUT2D eigenvalue weighted by Crippen LogP contribution is 2.33. The van der Waals surface area contributed by atoms with Crippen molar-refractivity contribution in [2.45, 2.75) is 39.3 Å². The minimum Gasteiger partial charge on any atom is -0.377 e. The molecule has 8 nitrogen and oxygen atoms in total. The van der Waals surface area contributed by atoms with Crippen LogP contribution in [0, 0.1) is 0 Å². The van der Waals surface area contributed by atoms with Gasteiger partial charge in [-0.3, -0.25) is 0 Å². The zero-order chi connectivity index (χ0) is 21.1. The van der Waals surface area contributed by atoms with Crippen LogP contribution >= 0.6 is 0 Å². The molecule has 1 saturated heterocycles. The van der Waals surface area contributed by atoms with E-state index in [-0.39, 0.29) is 18.1 Å². The standard InChI is InChI=1S/C22H30N6O2/c1-4-23-22(29)25-17-7-5-16(6-8-17)20-26-19-15(3)24-10-9-18(19)21(27-20)28-11-12-30-13-14(28)2/h5-8,14-15,24H,4,9-13H2,1-3H3,(H2,23,25,29)/t14-,15-/m0/s1. The van der Waals surface area contributed by atoms with Crippen LogP contribution in [0.15, 0.2) is 24.3 Å². The van der Waals surface area contributed by atoms with Crippen molar-refractivity contribution in [1.82, 2.24) is 20.6 Å². The van der Waals surface area contributed by atoms with Crippen molar-refractivity contribution in [2.75, 3.05) is 43.1 Å². The number of urea groups is 1. The van der Waals surface area contributed by atoms with Crippen molar-refractivity contribution in [3.63, 3.8) is 0 Å². The third-order valence-electron chi connectivity index (χ3n) is 5.63. The molecule has 1 fully saturated rings. The topological polar surface area (TPSA) is 91.4 Å². The summed E-state index contributed by atoms with van der Waals surface area (Å²) in [5.41, 5.74) is 3.98. The SMILES string of the molecule is CCNC(=O)Nc1ccc(-c2nc3c(c(N4CCOC[C@@H]4C)n2)CCN[C@H]3C)cc1. The lowest BCUT2D eigenvalue weighted by Crippen LogP contribution is -2.45. The van der Waals surface area contributed by atoms with Gasteiger partial charge >= 0.3 is 6.03 Å². The number of hydrogen-bond acceptors (Lipinski definition) is 6. The minimum absolute atomic E-state index is 0.185. The number of morpholine rings is 1. The maximum atomic E-state index is 11.7. The Labute approximate surface area is 177 Å². The van der Waals surface area contributed by atoms with Crippen LogP contribution in [0.2, 0.25) is 0 Å². The minimum atomic E-state index is -0.209. The van der Waals surface area contributed by atoms with E-state index in [2.05, 4.69) is 34.7 Å². The second-order valence-electron chi connectivity index (χ2n) is 7.84. The van der Waals surface area contributed by atoms with Crippen LogP contribution in [0.1, 0.15) is 38.1 Å². The summed E-state index contributed by atoms with van der Waals surface area (Å²) in [7, 11) is 0. The Kier molecular flexibility index (Phi) is 6.15. The number of aromatic nitrogens is 2. The van der Waals surface area contributed by atoms with E-state index in [1.807, 2.05) is 31.2 Å². The molecule has 2 amide bonds. The fraction of sp³-hybridized carbons (Fsp3) is 0.500. The molecule has 1 aromatic heterocycles. The molecule has 0 spiro atoms. The van der Waals surface area contributed by atoms with Crippen LogP contribution in [0.3, 0.4) is 0 Å². The molecule has 30 heavy (non-hydrogen) atoms. The lowest BCUT2D eigenvalue weighted by atomic mass is 9.99. The number of rotatable bonds is 4. The van der Waals surface area contributed by atoms with Crippen molar-refractivity contribution in [3.8, 4) is 11.4 Å². The molecule has 0 bridgehead atoms. The Morgan fingerprint density at radius 3 is 2.80 bits per heavy atom. The first-order valence-corrected chi connectivity index (χ1v) is 10.7. The Balaban J connectivity index is 1.69. The van der Waals surface area contributed by atoms with E-state index in [0.29, 0.717) is 25.6 Å². The number of ether oxygens (including phenoxy) is 1. The van der Waals surface area contributed by atoms with E-state index in [4.69, 9.17) is 14.7 Å². The second-order valence-corrected chi connectivity index (χ2v) is 7.84. The van der Waals surface area contributed by atoms with E-state index >= 15 is 0 Å². The molecule has 8 heteroatoms. The largest absolute Gasteiger partial charge is 0.377 e. The van der Waals surface area contributed by atoms with Crippen LogP contribution in [0.4, 0.5) is 16.3 Å². The molecule has 1 aromatic carbocycles. The summed E-state index contributed by atoms with van der Waals surface area (Å²) >= 11 is 0. The first-order valence-electron chi connectivity index (χ1n) is 10.7. The molecule has 4 rings (SSSR count). The predicted molar refractivity (Wildman–Crippen MR) is 118 cm³/mol. The Bertz CT molecular complexity index is 901. The number of amides is 2. The van der Waals surface area contributed by atoms with Crippen molar-refractivity contribution in [3.05, 3.63) is 35.5 Å². The number of fused-ring (bicyclic) bond motifs is 1. The van der Waals surface area contributed by atoms with Gasteiger partial charge in [0.2, 0.25) is 0 Å². The summed E-state index contributed by atoms with van der Waals surface area (Å²) in [6.07, 6.45) is 0.925. The van der Waals surface area contributed by atoms with Gasteiger partial charge in [0.25, 0.3) is 0 Å². The van der Waals surface area contributed by atoms with Crippen LogP contribution in [-0.2, 0) is 11.2 Å². The molecule has 0 radical (unpaired) electrons. The Hall–Kier alpha value is -2.71. The third-order valence-corrected chi connectivity index (χ3v) is 5.63.